The Morgan fingerprint density at radius 2 is 1.60 bits per heavy atom. The Morgan fingerprint density at radius 1 is 1.10 bits per heavy atom. The largest absolute Gasteiger partial charge is 0.341 e. The minimum absolute atomic E-state index is 0.0884. The topological polar surface area (TPSA) is 96.2 Å². The van der Waals surface area contributed by atoms with Crippen LogP contribution >= 0.6 is 0 Å². The maximum absolute atomic E-state index is 12.0. The van der Waals surface area contributed by atoms with E-state index >= 15 is 0 Å². The minimum atomic E-state index is -0.287. The number of anilines is 2. The second-order valence-electron chi connectivity index (χ2n) is 4.86. The van der Waals surface area contributed by atoms with Crippen molar-refractivity contribution in [3.63, 3.8) is 0 Å². The molecule has 0 aliphatic carbocycles. The van der Waals surface area contributed by atoms with Crippen LogP contribution in [0.1, 0.15) is 13.8 Å². The number of hydrogen-bond acceptors (Lipinski definition) is 3. The second-order valence-corrected chi connectivity index (χ2v) is 4.86. The molecule has 6 heteroatoms. The molecule has 0 heterocycles. The van der Waals surface area contributed by atoms with E-state index < -0.39 is 0 Å². The third-order valence-corrected chi connectivity index (χ3v) is 3.03. The quantitative estimate of drug-likeness (QED) is 0.658. The Hall–Kier alpha value is -2.08. The molecule has 1 unspecified atom stereocenters. The molecule has 3 amide bonds. The summed E-state index contributed by atoms with van der Waals surface area (Å²) in [7, 11) is 1.54. The smallest absolute Gasteiger partial charge is 0.318 e. The number of nitrogens with two attached hydrogens (primary N) is 1. The summed E-state index contributed by atoms with van der Waals surface area (Å²) in [5.41, 5.74) is 6.94. The SMILES string of the molecule is CNC(=O)Nc1ccc(NC(=O)C(CN)C(C)C)cc1. The van der Waals surface area contributed by atoms with E-state index in [9.17, 15) is 9.59 Å². The highest BCUT2D eigenvalue weighted by Gasteiger charge is 2.20. The van der Waals surface area contributed by atoms with Gasteiger partial charge < -0.3 is 21.7 Å². The number of rotatable bonds is 5. The van der Waals surface area contributed by atoms with Crippen molar-refractivity contribution in [2.24, 2.45) is 17.6 Å². The van der Waals surface area contributed by atoms with Crippen molar-refractivity contribution in [2.75, 3.05) is 24.2 Å². The van der Waals surface area contributed by atoms with Crippen LogP contribution in [0.3, 0.4) is 0 Å². The lowest BCUT2D eigenvalue weighted by Crippen LogP contribution is -2.33. The van der Waals surface area contributed by atoms with Gasteiger partial charge in [-0.15, -0.1) is 0 Å². The van der Waals surface area contributed by atoms with Gasteiger partial charge in [0.1, 0.15) is 0 Å². The van der Waals surface area contributed by atoms with Gasteiger partial charge in [0, 0.05) is 25.0 Å². The molecule has 20 heavy (non-hydrogen) atoms. The fourth-order valence-electron chi connectivity index (χ4n) is 1.75. The van der Waals surface area contributed by atoms with Gasteiger partial charge in [-0.05, 0) is 30.2 Å². The molecule has 1 aromatic rings. The molecular formula is C14H22N4O2. The van der Waals surface area contributed by atoms with Gasteiger partial charge >= 0.3 is 6.03 Å². The fourth-order valence-corrected chi connectivity index (χ4v) is 1.75. The number of carbonyl (C=O) groups excluding carboxylic acids is 2. The highest BCUT2D eigenvalue weighted by molar-refractivity contribution is 5.93. The standard InChI is InChI=1S/C14H22N4O2/c1-9(2)12(8-15)13(19)17-10-4-6-11(7-5-10)18-14(20)16-3/h4-7,9,12H,8,15H2,1-3H3,(H,17,19)(H2,16,18,20). The zero-order chi connectivity index (χ0) is 15.1. The lowest BCUT2D eigenvalue weighted by molar-refractivity contribution is -0.120. The molecule has 1 atom stereocenters. The van der Waals surface area contributed by atoms with Crippen LogP contribution in [0.2, 0.25) is 0 Å². The van der Waals surface area contributed by atoms with Crippen molar-refractivity contribution in [3.05, 3.63) is 24.3 Å². The van der Waals surface area contributed by atoms with Crippen molar-refractivity contribution in [1.82, 2.24) is 5.32 Å². The van der Waals surface area contributed by atoms with E-state index in [-0.39, 0.29) is 23.8 Å². The third-order valence-electron chi connectivity index (χ3n) is 3.03. The molecule has 0 aliphatic heterocycles. The third kappa shape index (κ3) is 4.55. The van der Waals surface area contributed by atoms with Crippen molar-refractivity contribution in [2.45, 2.75) is 13.8 Å². The van der Waals surface area contributed by atoms with Gasteiger partial charge in [0.25, 0.3) is 0 Å². The van der Waals surface area contributed by atoms with Gasteiger partial charge in [-0.25, -0.2) is 4.79 Å². The summed E-state index contributed by atoms with van der Waals surface area (Å²) in [6.07, 6.45) is 0. The summed E-state index contributed by atoms with van der Waals surface area (Å²) in [6.45, 7) is 4.25. The predicted octanol–water partition coefficient (Wildman–Crippen LogP) is 1.61. The number of hydrogen-bond donors (Lipinski definition) is 4. The Bertz CT molecular complexity index is 457. The van der Waals surface area contributed by atoms with E-state index in [4.69, 9.17) is 5.73 Å². The molecule has 0 saturated heterocycles. The summed E-state index contributed by atoms with van der Waals surface area (Å²) in [4.78, 5) is 23.2. The van der Waals surface area contributed by atoms with E-state index in [1.54, 1.807) is 31.3 Å². The Morgan fingerprint density at radius 3 is 2.00 bits per heavy atom. The van der Waals surface area contributed by atoms with Gasteiger partial charge in [0.05, 0.1) is 5.92 Å². The number of benzene rings is 1. The molecule has 6 nitrogen and oxygen atoms in total. The van der Waals surface area contributed by atoms with Crippen molar-refractivity contribution in [3.8, 4) is 0 Å². The molecule has 0 spiro atoms. The molecule has 0 aromatic heterocycles. The maximum Gasteiger partial charge on any atom is 0.318 e. The van der Waals surface area contributed by atoms with E-state index in [1.807, 2.05) is 13.8 Å². The lowest BCUT2D eigenvalue weighted by atomic mass is 9.95. The predicted molar refractivity (Wildman–Crippen MR) is 80.5 cm³/mol. The van der Waals surface area contributed by atoms with Gasteiger partial charge in [-0.3, -0.25) is 4.79 Å². The molecule has 1 aromatic carbocycles. The molecule has 0 aliphatic rings. The lowest BCUT2D eigenvalue weighted by Gasteiger charge is -2.18. The number of amides is 3. The zero-order valence-electron chi connectivity index (χ0n) is 12.1. The van der Waals surface area contributed by atoms with E-state index in [0.717, 1.165) is 0 Å². The summed E-state index contributed by atoms with van der Waals surface area (Å²) in [6, 6.07) is 6.62. The summed E-state index contributed by atoms with van der Waals surface area (Å²) < 4.78 is 0. The minimum Gasteiger partial charge on any atom is -0.341 e. The van der Waals surface area contributed by atoms with E-state index in [2.05, 4.69) is 16.0 Å². The highest BCUT2D eigenvalue weighted by Crippen LogP contribution is 2.16. The van der Waals surface area contributed by atoms with Gasteiger partial charge in [-0.1, -0.05) is 13.8 Å². The van der Waals surface area contributed by atoms with Crippen LogP contribution in [0.25, 0.3) is 0 Å². The van der Waals surface area contributed by atoms with Gasteiger partial charge in [-0.2, -0.15) is 0 Å². The van der Waals surface area contributed by atoms with E-state index in [0.29, 0.717) is 17.9 Å². The van der Waals surface area contributed by atoms with Gasteiger partial charge in [0.15, 0.2) is 0 Å². The maximum atomic E-state index is 12.0. The Labute approximate surface area is 119 Å². The fraction of sp³-hybridized carbons (Fsp3) is 0.429. The molecule has 1 rings (SSSR count). The molecule has 5 N–H and O–H groups in total. The molecule has 0 bridgehead atoms. The first-order valence-corrected chi connectivity index (χ1v) is 6.57. The first kappa shape index (κ1) is 16.0. The molecule has 0 fully saturated rings. The van der Waals surface area contributed by atoms with Gasteiger partial charge in [0.2, 0.25) is 5.91 Å². The Kier molecular flexibility index (Phi) is 5.99. The van der Waals surface area contributed by atoms with Crippen molar-refractivity contribution >= 4 is 23.3 Å². The molecule has 110 valence electrons. The average Bonchev–Trinajstić information content (AvgIpc) is 2.41. The summed E-state index contributed by atoms with van der Waals surface area (Å²) in [5.74, 6) is -0.109. The molecular weight excluding hydrogens is 256 g/mol. The molecule has 0 saturated carbocycles. The van der Waals surface area contributed by atoms with Crippen molar-refractivity contribution in [1.29, 1.82) is 0 Å². The van der Waals surface area contributed by atoms with Crippen LogP contribution in [-0.4, -0.2) is 25.5 Å². The number of urea groups is 1. The first-order chi connectivity index (χ1) is 9.47. The zero-order valence-corrected chi connectivity index (χ0v) is 12.1. The first-order valence-electron chi connectivity index (χ1n) is 6.57. The second kappa shape index (κ2) is 7.49. The highest BCUT2D eigenvalue weighted by atomic mass is 16.2. The summed E-state index contributed by atoms with van der Waals surface area (Å²) >= 11 is 0. The summed E-state index contributed by atoms with van der Waals surface area (Å²) in [5, 5.41) is 7.92. The normalized spacial score (nSPS) is 11.8. The van der Waals surface area contributed by atoms with Crippen LogP contribution < -0.4 is 21.7 Å². The number of carbonyl (C=O) groups is 2. The van der Waals surface area contributed by atoms with Crippen LogP contribution in [0.15, 0.2) is 24.3 Å². The Balaban J connectivity index is 2.65. The average molecular weight is 278 g/mol. The van der Waals surface area contributed by atoms with E-state index in [1.165, 1.54) is 0 Å². The van der Waals surface area contributed by atoms with Crippen LogP contribution in [0, 0.1) is 11.8 Å². The monoisotopic (exact) mass is 278 g/mol. The number of nitrogens with one attached hydrogen (secondary N) is 3. The van der Waals surface area contributed by atoms with Crippen LogP contribution in [0.5, 0.6) is 0 Å². The van der Waals surface area contributed by atoms with Crippen molar-refractivity contribution < 1.29 is 9.59 Å². The molecule has 0 radical (unpaired) electrons. The van der Waals surface area contributed by atoms with Crippen LogP contribution in [0.4, 0.5) is 16.2 Å². The van der Waals surface area contributed by atoms with Crippen LogP contribution in [-0.2, 0) is 4.79 Å².